The largest absolute Gasteiger partial charge is 0.497 e. The molecule has 0 bridgehead atoms. The quantitative estimate of drug-likeness (QED) is 0.741. The van der Waals surface area contributed by atoms with Crippen molar-refractivity contribution in [2.75, 3.05) is 19.1 Å². The van der Waals surface area contributed by atoms with E-state index in [0.29, 0.717) is 10.9 Å². The first-order chi connectivity index (χ1) is 9.63. The Labute approximate surface area is 129 Å². The maximum atomic E-state index is 6.01. The lowest BCUT2D eigenvalue weighted by atomic mass is 10.1. The summed E-state index contributed by atoms with van der Waals surface area (Å²) in [7, 11) is 3.71. The first-order valence-electron chi connectivity index (χ1n) is 6.32. The molecule has 2 rings (SSSR count). The number of benzene rings is 2. The Morgan fingerprint density at radius 1 is 1.15 bits per heavy atom. The SMILES string of the molecule is COc1cccc(CN(C)c2ccc(Cl)cc2CCl)c1. The smallest absolute Gasteiger partial charge is 0.119 e. The zero-order chi connectivity index (χ0) is 14.5. The summed E-state index contributed by atoms with van der Waals surface area (Å²) in [4.78, 5) is 2.16. The Bertz CT molecular complexity index is 586. The lowest BCUT2D eigenvalue weighted by molar-refractivity contribution is 0.414. The topological polar surface area (TPSA) is 12.5 Å². The molecule has 0 aliphatic carbocycles. The molecule has 0 atom stereocenters. The molecule has 2 aromatic rings. The molecule has 0 amide bonds. The molecule has 0 N–H and O–H groups in total. The number of hydrogen-bond donors (Lipinski definition) is 0. The van der Waals surface area contributed by atoms with Crippen molar-refractivity contribution in [3.05, 3.63) is 58.6 Å². The molecule has 0 spiro atoms. The second kappa shape index (κ2) is 6.87. The zero-order valence-electron chi connectivity index (χ0n) is 11.6. The predicted octanol–water partition coefficient (Wildman–Crippen LogP) is 4.72. The van der Waals surface area contributed by atoms with E-state index in [-0.39, 0.29) is 0 Å². The Morgan fingerprint density at radius 3 is 2.65 bits per heavy atom. The number of rotatable bonds is 5. The van der Waals surface area contributed by atoms with Crippen LogP contribution >= 0.6 is 23.2 Å². The van der Waals surface area contributed by atoms with Crippen molar-refractivity contribution in [2.24, 2.45) is 0 Å². The van der Waals surface area contributed by atoms with Gasteiger partial charge in [-0.15, -0.1) is 11.6 Å². The van der Waals surface area contributed by atoms with E-state index >= 15 is 0 Å². The Kier molecular flexibility index (Phi) is 5.16. The molecule has 0 heterocycles. The summed E-state index contributed by atoms with van der Waals surface area (Å²) >= 11 is 12.0. The lowest BCUT2D eigenvalue weighted by Crippen LogP contribution is -2.17. The minimum atomic E-state index is 0.443. The van der Waals surface area contributed by atoms with Crippen LogP contribution in [0.25, 0.3) is 0 Å². The minimum Gasteiger partial charge on any atom is -0.497 e. The van der Waals surface area contributed by atoms with E-state index < -0.39 is 0 Å². The third kappa shape index (κ3) is 3.59. The van der Waals surface area contributed by atoms with E-state index in [4.69, 9.17) is 27.9 Å². The summed E-state index contributed by atoms with van der Waals surface area (Å²) in [5.74, 6) is 1.31. The standard InChI is InChI=1S/C16H17Cl2NO/c1-19(11-12-4-3-5-15(8-12)20-2)16-7-6-14(18)9-13(16)10-17/h3-9H,10-11H2,1-2H3. The number of methoxy groups -OCH3 is 1. The van der Waals surface area contributed by atoms with Gasteiger partial charge in [-0.05, 0) is 41.5 Å². The van der Waals surface area contributed by atoms with Crippen molar-refractivity contribution < 1.29 is 4.74 Å². The van der Waals surface area contributed by atoms with Crippen molar-refractivity contribution in [1.29, 1.82) is 0 Å². The van der Waals surface area contributed by atoms with Crippen LogP contribution in [0, 0.1) is 0 Å². The molecule has 2 aromatic carbocycles. The van der Waals surface area contributed by atoms with Crippen molar-refractivity contribution in [3.8, 4) is 5.75 Å². The van der Waals surface area contributed by atoms with Gasteiger partial charge in [0.25, 0.3) is 0 Å². The van der Waals surface area contributed by atoms with E-state index in [1.165, 1.54) is 5.56 Å². The van der Waals surface area contributed by atoms with Crippen LogP contribution in [0.4, 0.5) is 5.69 Å². The van der Waals surface area contributed by atoms with Crippen LogP contribution in [0.2, 0.25) is 5.02 Å². The van der Waals surface area contributed by atoms with Crippen LogP contribution in [0.3, 0.4) is 0 Å². The molecule has 2 nitrogen and oxygen atoms in total. The summed E-state index contributed by atoms with van der Waals surface area (Å²) in [6.07, 6.45) is 0. The molecule has 0 unspecified atom stereocenters. The molecule has 0 aliphatic rings. The third-order valence-electron chi connectivity index (χ3n) is 3.15. The third-order valence-corrected chi connectivity index (χ3v) is 3.67. The van der Waals surface area contributed by atoms with Gasteiger partial charge in [-0.3, -0.25) is 0 Å². The highest BCUT2D eigenvalue weighted by Crippen LogP contribution is 2.26. The summed E-state index contributed by atoms with van der Waals surface area (Å²) < 4.78 is 5.25. The van der Waals surface area contributed by atoms with E-state index in [1.54, 1.807) is 7.11 Å². The molecular formula is C16H17Cl2NO. The number of hydrogen-bond acceptors (Lipinski definition) is 2. The predicted molar refractivity (Wildman–Crippen MR) is 86.1 cm³/mol. The maximum absolute atomic E-state index is 6.01. The Hall–Kier alpha value is -1.38. The summed E-state index contributed by atoms with van der Waals surface area (Å²) in [5.41, 5.74) is 3.30. The highest BCUT2D eigenvalue weighted by molar-refractivity contribution is 6.30. The highest BCUT2D eigenvalue weighted by Gasteiger charge is 2.08. The average molecular weight is 310 g/mol. The van der Waals surface area contributed by atoms with E-state index in [0.717, 1.165) is 23.5 Å². The van der Waals surface area contributed by atoms with E-state index in [1.807, 2.05) is 43.4 Å². The van der Waals surface area contributed by atoms with Crippen LogP contribution in [0.5, 0.6) is 5.75 Å². The molecule has 0 fully saturated rings. The second-order valence-corrected chi connectivity index (χ2v) is 5.32. The first kappa shape index (κ1) is 15.0. The van der Waals surface area contributed by atoms with Gasteiger partial charge in [-0.25, -0.2) is 0 Å². The number of alkyl halides is 1. The first-order valence-corrected chi connectivity index (χ1v) is 7.23. The van der Waals surface area contributed by atoms with Crippen LogP contribution in [0.1, 0.15) is 11.1 Å². The normalized spacial score (nSPS) is 10.4. The van der Waals surface area contributed by atoms with Crippen LogP contribution in [-0.2, 0) is 12.4 Å². The molecule has 0 saturated carbocycles. The maximum Gasteiger partial charge on any atom is 0.119 e. The minimum absolute atomic E-state index is 0.443. The van der Waals surface area contributed by atoms with E-state index in [9.17, 15) is 0 Å². The Morgan fingerprint density at radius 2 is 1.95 bits per heavy atom. The average Bonchev–Trinajstić information content (AvgIpc) is 2.47. The number of anilines is 1. The molecule has 20 heavy (non-hydrogen) atoms. The van der Waals surface area contributed by atoms with Crippen LogP contribution < -0.4 is 9.64 Å². The van der Waals surface area contributed by atoms with Crippen molar-refractivity contribution in [1.82, 2.24) is 0 Å². The fourth-order valence-electron chi connectivity index (χ4n) is 2.16. The number of nitrogens with zero attached hydrogens (tertiary/aromatic N) is 1. The highest BCUT2D eigenvalue weighted by atomic mass is 35.5. The molecule has 0 aromatic heterocycles. The van der Waals surface area contributed by atoms with Gasteiger partial charge in [-0.2, -0.15) is 0 Å². The lowest BCUT2D eigenvalue weighted by Gasteiger charge is -2.22. The van der Waals surface area contributed by atoms with Gasteiger partial charge in [-0.1, -0.05) is 23.7 Å². The van der Waals surface area contributed by atoms with E-state index in [2.05, 4.69) is 11.0 Å². The molecule has 0 saturated heterocycles. The van der Waals surface area contributed by atoms with Gasteiger partial charge in [0.05, 0.1) is 7.11 Å². The van der Waals surface area contributed by atoms with Crippen LogP contribution in [0.15, 0.2) is 42.5 Å². The van der Waals surface area contributed by atoms with Gasteiger partial charge < -0.3 is 9.64 Å². The van der Waals surface area contributed by atoms with Crippen molar-refractivity contribution in [3.63, 3.8) is 0 Å². The molecule has 106 valence electrons. The van der Waals surface area contributed by atoms with Gasteiger partial charge in [0.1, 0.15) is 5.75 Å². The van der Waals surface area contributed by atoms with Crippen molar-refractivity contribution in [2.45, 2.75) is 12.4 Å². The van der Waals surface area contributed by atoms with Crippen LogP contribution in [-0.4, -0.2) is 14.2 Å². The number of ether oxygens (including phenoxy) is 1. The zero-order valence-corrected chi connectivity index (χ0v) is 13.1. The second-order valence-electron chi connectivity index (χ2n) is 4.61. The number of halogens is 2. The monoisotopic (exact) mass is 309 g/mol. The van der Waals surface area contributed by atoms with Gasteiger partial charge in [0.15, 0.2) is 0 Å². The fourth-order valence-corrected chi connectivity index (χ4v) is 2.57. The molecule has 0 radical (unpaired) electrons. The summed E-state index contributed by atoms with van der Waals surface area (Å²) in [5, 5.41) is 0.708. The summed E-state index contributed by atoms with van der Waals surface area (Å²) in [6, 6.07) is 13.8. The molecule has 0 aliphatic heterocycles. The van der Waals surface area contributed by atoms with Crippen molar-refractivity contribution >= 4 is 28.9 Å². The summed E-state index contributed by atoms with van der Waals surface area (Å²) in [6.45, 7) is 0.780. The van der Waals surface area contributed by atoms with Gasteiger partial charge in [0, 0.05) is 30.2 Å². The molecule has 4 heteroatoms. The fraction of sp³-hybridized carbons (Fsp3) is 0.250. The van der Waals surface area contributed by atoms with Gasteiger partial charge >= 0.3 is 0 Å². The van der Waals surface area contributed by atoms with Gasteiger partial charge in [0.2, 0.25) is 0 Å². The Balaban J connectivity index is 2.21. The molecular weight excluding hydrogens is 293 g/mol.